The van der Waals surface area contributed by atoms with Crippen molar-refractivity contribution in [3.8, 4) is 0 Å². The summed E-state index contributed by atoms with van der Waals surface area (Å²) in [5.74, 6) is -0.114. The molecule has 1 amide bonds. The van der Waals surface area contributed by atoms with E-state index in [-0.39, 0.29) is 22.9 Å². The van der Waals surface area contributed by atoms with Crippen LogP contribution in [0, 0.1) is 6.92 Å². The Bertz CT molecular complexity index is 719. The topological polar surface area (TPSA) is 60.9 Å². The van der Waals surface area contributed by atoms with Gasteiger partial charge in [0.05, 0.1) is 4.90 Å². The molecular weight excluding hydrogens is 326 g/mol. The molecule has 0 N–H and O–H groups in total. The van der Waals surface area contributed by atoms with Gasteiger partial charge in [0.1, 0.15) is 0 Å². The Balaban J connectivity index is 2.35. The van der Waals surface area contributed by atoms with Crippen LogP contribution >= 0.6 is 0 Å². The molecule has 0 aliphatic carbocycles. The van der Waals surface area contributed by atoms with E-state index in [4.69, 9.17) is 0 Å². The van der Waals surface area contributed by atoms with Crippen LogP contribution in [0.5, 0.6) is 0 Å². The molecule has 0 radical (unpaired) electrons. The van der Waals surface area contributed by atoms with Gasteiger partial charge >= 0.3 is 0 Å². The number of carbonyl (C=O) groups is 1. The van der Waals surface area contributed by atoms with Crippen LogP contribution in [0.15, 0.2) is 23.1 Å². The van der Waals surface area contributed by atoms with E-state index in [2.05, 4.69) is 25.8 Å². The van der Waals surface area contributed by atoms with Gasteiger partial charge in [0.25, 0.3) is 5.91 Å². The first-order valence-corrected chi connectivity index (χ1v) is 9.54. The molecule has 1 aromatic rings. The smallest absolute Gasteiger partial charge is 0.254 e. The van der Waals surface area contributed by atoms with Gasteiger partial charge in [-0.15, -0.1) is 0 Å². The fourth-order valence-corrected chi connectivity index (χ4v) is 4.10. The lowest BCUT2D eigenvalue weighted by Gasteiger charge is -2.42. The largest absolute Gasteiger partial charge is 0.336 e. The van der Waals surface area contributed by atoms with E-state index in [0.717, 1.165) is 0 Å². The Kier molecular flexibility index (Phi) is 5.37. The molecule has 0 aromatic heterocycles. The SMILES string of the molecule is Cc1ccc(C(=O)N2CC(C)N(C)C(C)C2)cc1S(=O)(=O)N(C)C. The van der Waals surface area contributed by atoms with Crippen molar-refractivity contribution >= 4 is 15.9 Å². The average Bonchev–Trinajstić information content (AvgIpc) is 2.51. The van der Waals surface area contributed by atoms with E-state index in [0.29, 0.717) is 24.2 Å². The standard InChI is InChI=1S/C17H27N3O3S/c1-12-7-8-15(9-16(12)24(22,23)18(4)5)17(21)20-10-13(2)19(6)14(3)11-20/h7-9,13-14H,10-11H2,1-6H3. The monoisotopic (exact) mass is 353 g/mol. The normalized spacial score (nSPS) is 22.9. The minimum atomic E-state index is -3.57. The predicted octanol–water partition coefficient (Wildman–Crippen LogP) is 1.41. The minimum Gasteiger partial charge on any atom is -0.336 e. The second-order valence-electron chi connectivity index (χ2n) is 6.84. The van der Waals surface area contributed by atoms with E-state index >= 15 is 0 Å². The van der Waals surface area contributed by atoms with Crippen molar-refractivity contribution in [2.24, 2.45) is 0 Å². The van der Waals surface area contributed by atoms with Gasteiger partial charge in [-0.25, -0.2) is 12.7 Å². The highest BCUT2D eigenvalue weighted by atomic mass is 32.2. The number of hydrogen-bond donors (Lipinski definition) is 0. The fraction of sp³-hybridized carbons (Fsp3) is 0.588. The molecule has 7 heteroatoms. The highest BCUT2D eigenvalue weighted by molar-refractivity contribution is 7.89. The van der Waals surface area contributed by atoms with Crippen LogP contribution in [0.2, 0.25) is 0 Å². The van der Waals surface area contributed by atoms with Gasteiger partial charge in [0.15, 0.2) is 0 Å². The van der Waals surface area contributed by atoms with E-state index in [1.807, 2.05) is 4.90 Å². The first-order valence-electron chi connectivity index (χ1n) is 8.10. The predicted molar refractivity (Wildman–Crippen MR) is 94.6 cm³/mol. The van der Waals surface area contributed by atoms with Crippen LogP contribution in [-0.4, -0.2) is 74.7 Å². The first kappa shape index (κ1) is 18.9. The molecule has 2 unspecified atom stereocenters. The lowest BCUT2D eigenvalue weighted by atomic mass is 10.1. The van der Waals surface area contributed by atoms with E-state index in [1.165, 1.54) is 24.5 Å². The quantitative estimate of drug-likeness (QED) is 0.824. The van der Waals surface area contributed by atoms with Gasteiger partial charge in [-0.05, 0) is 45.5 Å². The van der Waals surface area contributed by atoms with Crippen LogP contribution < -0.4 is 0 Å². The highest BCUT2D eigenvalue weighted by Gasteiger charge is 2.30. The molecule has 2 atom stereocenters. The van der Waals surface area contributed by atoms with Crippen LogP contribution in [0.1, 0.15) is 29.8 Å². The van der Waals surface area contributed by atoms with Crippen LogP contribution in [-0.2, 0) is 10.0 Å². The van der Waals surface area contributed by atoms with Crippen molar-refractivity contribution in [3.63, 3.8) is 0 Å². The molecule has 1 saturated heterocycles. The first-order chi connectivity index (χ1) is 11.1. The summed E-state index contributed by atoms with van der Waals surface area (Å²) in [6.07, 6.45) is 0. The zero-order valence-electron chi connectivity index (χ0n) is 15.3. The maximum absolute atomic E-state index is 12.9. The van der Waals surface area contributed by atoms with E-state index in [1.54, 1.807) is 19.1 Å². The number of benzene rings is 1. The molecule has 0 bridgehead atoms. The van der Waals surface area contributed by atoms with Crippen molar-refractivity contribution in [3.05, 3.63) is 29.3 Å². The summed E-state index contributed by atoms with van der Waals surface area (Å²) in [4.78, 5) is 17.1. The number of likely N-dealkylation sites (N-methyl/N-ethyl adjacent to an activating group) is 1. The zero-order chi connectivity index (χ0) is 18.2. The van der Waals surface area contributed by atoms with Crippen LogP contribution in [0.4, 0.5) is 0 Å². The number of sulfonamides is 1. The summed E-state index contributed by atoms with van der Waals surface area (Å²) < 4.78 is 26.1. The van der Waals surface area contributed by atoms with E-state index < -0.39 is 10.0 Å². The van der Waals surface area contributed by atoms with Gasteiger partial charge in [-0.1, -0.05) is 6.07 Å². The molecule has 134 valence electrons. The number of carbonyl (C=O) groups excluding carboxylic acids is 1. The van der Waals surface area contributed by atoms with Gasteiger partial charge in [-0.2, -0.15) is 0 Å². The molecule has 0 spiro atoms. The molecule has 6 nitrogen and oxygen atoms in total. The zero-order valence-corrected chi connectivity index (χ0v) is 16.1. The number of nitrogens with zero attached hydrogens (tertiary/aromatic N) is 3. The van der Waals surface area contributed by atoms with Crippen LogP contribution in [0.25, 0.3) is 0 Å². The Hall–Kier alpha value is -1.44. The minimum absolute atomic E-state index is 0.114. The fourth-order valence-electron chi connectivity index (χ4n) is 2.96. The van der Waals surface area contributed by atoms with Crippen molar-refractivity contribution in [2.45, 2.75) is 37.8 Å². The summed E-state index contributed by atoms with van der Waals surface area (Å²) in [7, 11) is 1.48. The highest BCUT2D eigenvalue weighted by Crippen LogP contribution is 2.22. The molecule has 0 saturated carbocycles. The van der Waals surface area contributed by atoms with Crippen molar-refractivity contribution in [1.29, 1.82) is 0 Å². The van der Waals surface area contributed by atoms with Gasteiger partial charge < -0.3 is 4.90 Å². The molecule has 1 aliphatic heterocycles. The van der Waals surface area contributed by atoms with Crippen molar-refractivity contribution < 1.29 is 13.2 Å². The van der Waals surface area contributed by atoms with Crippen molar-refractivity contribution in [2.75, 3.05) is 34.2 Å². The average molecular weight is 353 g/mol. The summed E-state index contributed by atoms with van der Waals surface area (Å²) in [5.41, 5.74) is 1.06. The van der Waals surface area contributed by atoms with Crippen molar-refractivity contribution in [1.82, 2.24) is 14.1 Å². The lowest BCUT2D eigenvalue weighted by Crippen LogP contribution is -2.56. The maximum Gasteiger partial charge on any atom is 0.254 e. The molecular formula is C17H27N3O3S. The molecule has 1 fully saturated rings. The van der Waals surface area contributed by atoms with Crippen LogP contribution in [0.3, 0.4) is 0 Å². The van der Waals surface area contributed by atoms with Gasteiger partial charge in [-0.3, -0.25) is 9.69 Å². The number of rotatable bonds is 3. The summed E-state index contributed by atoms with van der Waals surface area (Å²) in [5, 5.41) is 0. The van der Waals surface area contributed by atoms with Gasteiger partial charge in [0, 0.05) is 44.8 Å². The lowest BCUT2D eigenvalue weighted by molar-refractivity contribution is 0.0414. The third-order valence-corrected chi connectivity index (χ3v) is 6.80. The number of piperazine rings is 1. The maximum atomic E-state index is 12.9. The Labute approximate surface area is 145 Å². The Morgan fingerprint density at radius 1 is 1.17 bits per heavy atom. The molecule has 1 aliphatic rings. The molecule has 2 rings (SSSR count). The Morgan fingerprint density at radius 3 is 2.21 bits per heavy atom. The molecule has 1 aromatic carbocycles. The summed E-state index contributed by atoms with van der Waals surface area (Å²) in [6.45, 7) is 7.21. The summed E-state index contributed by atoms with van der Waals surface area (Å²) >= 11 is 0. The third kappa shape index (κ3) is 3.48. The third-order valence-electron chi connectivity index (χ3n) is 4.84. The number of aryl methyl sites for hydroxylation is 1. The van der Waals surface area contributed by atoms with Gasteiger partial charge in [0.2, 0.25) is 10.0 Å². The molecule has 1 heterocycles. The molecule has 24 heavy (non-hydrogen) atoms. The second kappa shape index (κ2) is 6.82. The number of amides is 1. The number of hydrogen-bond acceptors (Lipinski definition) is 4. The second-order valence-corrected chi connectivity index (χ2v) is 8.96. The summed E-state index contributed by atoms with van der Waals surface area (Å²) in [6, 6.07) is 5.45. The Morgan fingerprint density at radius 2 is 1.71 bits per heavy atom. The van der Waals surface area contributed by atoms with E-state index in [9.17, 15) is 13.2 Å².